The molecule has 3 aromatic carbocycles. The van der Waals surface area contributed by atoms with Crippen LogP contribution in [0.3, 0.4) is 0 Å². The summed E-state index contributed by atoms with van der Waals surface area (Å²) in [6.07, 6.45) is 1.50. The van der Waals surface area contributed by atoms with Crippen LogP contribution in [-0.2, 0) is 41.5 Å². The molecule has 0 aromatic heterocycles. The minimum atomic E-state index is -1.41. The Morgan fingerprint density at radius 1 is 0.745 bits per heavy atom. The molecule has 4 N–H and O–H groups in total. The van der Waals surface area contributed by atoms with Crippen LogP contribution in [0, 0.1) is 5.41 Å². The second-order valence-electron chi connectivity index (χ2n) is 13.6. The molecule has 0 saturated carbocycles. The number of hydrogen-bond acceptors (Lipinski definition) is 9. The van der Waals surface area contributed by atoms with Crippen LogP contribution in [0.25, 0.3) is 0 Å². The Kier molecular flexibility index (Phi) is 16.3. The highest BCUT2D eigenvalue weighted by Gasteiger charge is 2.32. The van der Waals surface area contributed by atoms with E-state index in [2.05, 4.69) is 16.0 Å². The van der Waals surface area contributed by atoms with Crippen molar-refractivity contribution in [3.8, 4) is 0 Å². The van der Waals surface area contributed by atoms with E-state index in [1.807, 2.05) is 36.6 Å². The van der Waals surface area contributed by atoms with Crippen molar-refractivity contribution >= 4 is 76.1 Å². The van der Waals surface area contributed by atoms with Crippen LogP contribution in [0.4, 0.5) is 5.69 Å². The summed E-state index contributed by atoms with van der Waals surface area (Å²) in [5.74, 6) is -3.18. The summed E-state index contributed by atoms with van der Waals surface area (Å²) >= 11 is 1.33. The third-order valence-corrected chi connectivity index (χ3v) is 7.54. The maximum atomic E-state index is 13.7. The van der Waals surface area contributed by atoms with Gasteiger partial charge in [0, 0.05) is 23.2 Å². The first-order valence-electron chi connectivity index (χ1n) is 16.1. The molecule has 0 radical (unpaired) electrons. The van der Waals surface area contributed by atoms with E-state index in [9.17, 15) is 24.0 Å². The number of carbonyl (C=O) groups excluding carboxylic acids is 5. The van der Waals surface area contributed by atoms with E-state index in [0.29, 0.717) is 10.7 Å². The van der Waals surface area contributed by atoms with Gasteiger partial charge in [0.15, 0.2) is 0 Å². The van der Waals surface area contributed by atoms with Crippen molar-refractivity contribution in [1.82, 2.24) is 10.6 Å². The van der Waals surface area contributed by atoms with Crippen molar-refractivity contribution in [2.45, 2.75) is 84.1 Å². The van der Waals surface area contributed by atoms with Crippen molar-refractivity contribution in [3.63, 3.8) is 0 Å². The van der Waals surface area contributed by atoms with Gasteiger partial charge in [-0.15, -0.1) is 35.7 Å². The molecule has 0 fully saturated rings. The topological polar surface area (TPSA) is 164 Å². The van der Waals surface area contributed by atoms with Gasteiger partial charge in [-0.1, -0.05) is 60.7 Å². The number of amides is 3. The Morgan fingerprint density at radius 3 is 1.96 bits per heavy atom. The van der Waals surface area contributed by atoms with Gasteiger partial charge < -0.3 is 25.4 Å². The van der Waals surface area contributed by atoms with Crippen LogP contribution in [0.1, 0.15) is 75.0 Å². The lowest BCUT2D eigenvalue weighted by atomic mass is 10.0. The third-order valence-electron chi connectivity index (χ3n) is 6.90. The summed E-state index contributed by atoms with van der Waals surface area (Å²) in [5, 5.41) is 16.4. The van der Waals surface area contributed by atoms with Gasteiger partial charge in [0.05, 0.1) is 17.9 Å². The molecule has 2 atom stereocenters. The number of nitrogens with one attached hydrogen (secondary N) is 4. The summed E-state index contributed by atoms with van der Waals surface area (Å²) in [6, 6.07) is 19.8. The minimum absolute atomic E-state index is 0. The molecule has 13 heteroatoms. The number of thioether (sulfide) groups is 1. The molecule has 11 nitrogen and oxygen atoms in total. The van der Waals surface area contributed by atoms with Gasteiger partial charge in [-0.05, 0) is 77.1 Å². The van der Waals surface area contributed by atoms with E-state index in [1.165, 1.54) is 23.9 Å². The second kappa shape index (κ2) is 19.4. The van der Waals surface area contributed by atoms with Gasteiger partial charge in [-0.2, -0.15) is 0 Å². The Bertz CT molecular complexity index is 1690. The van der Waals surface area contributed by atoms with Gasteiger partial charge in [0.25, 0.3) is 5.91 Å². The molecule has 0 heterocycles. The molecule has 0 spiro atoms. The fraction of sp³-hybridized carbons (Fsp3) is 0.368. The quantitative estimate of drug-likeness (QED) is 0.0698. The Balaban J connectivity index is 0.00000901. The first-order chi connectivity index (χ1) is 23.4. The zero-order valence-corrected chi connectivity index (χ0v) is 33.1. The molecule has 3 amide bonds. The van der Waals surface area contributed by atoms with E-state index >= 15 is 0 Å². The number of anilines is 1. The van der Waals surface area contributed by atoms with E-state index in [0.717, 1.165) is 16.7 Å². The number of ether oxygens (including phenoxy) is 2. The maximum Gasteiger partial charge on any atom is 0.329 e. The largest absolute Gasteiger partial charge is 0.460 e. The van der Waals surface area contributed by atoms with Crippen LogP contribution < -0.4 is 16.0 Å². The first kappa shape index (κ1) is 42.9. The average molecular weight is 831 g/mol. The lowest BCUT2D eigenvalue weighted by molar-refractivity contribution is -0.159. The Labute approximate surface area is 320 Å². The Morgan fingerprint density at radius 2 is 1.37 bits per heavy atom. The van der Waals surface area contributed by atoms with Gasteiger partial charge in [-0.3, -0.25) is 24.6 Å². The molecule has 0 aliphatic heterocycles. The molecular formula is C38H47IN4O7S. The molecule has 0 aliphatic carbocycles. The molecule has 0 saturated heterocycles. The SMILES string of the molecule is CSC(=N)c1ccc(CC(=O)Nc2cccc(C(=O)N[C@@H](CC(=O)OC(C)(C)C)C(=O)N[C@@H](Cc3ccccc3)C(=O)OC(C)(C)C)c2)cc1.I. The van der Waals surface area contributed by atoms with Crippen molar-refractivity contribution in [2.24, 2.45) is 0 Å². The van der Waals surface area contributed by atoms with Gasteiger partial charge in [-0.25, -0.2) is 4.79 Å². The van der Waals surface area contributed by atoms with Gasteiger partial charge in [0.1, 0.15) is 23.3 Å². The third kappa shape index (κ3) is 15.3. The predicted octanol–water partition coefficient (Wildman–Crippen LogP) is 6.07. The zero-order valence-electron chi connectivity index (χ0n) is 30.0. The van der Waals surface area contributed by atoms with Crippen LogP contribution in [0.5, 0.6) is 0 Å². The lowest BCUT2D eigenvalue weighted by Gasteiger charge is -2.27. The maximum absolute atomic E-state index is 13.7. The van der Waals surface area contributed by atoms with Crippen molar-refractivity contribution in [2.75, 3.05) is 11.6 Å². The van der Waals surface area contributed by atoms with Crippen molar-refractivity contribution < 1.29 is 33.4 Å². The molecule has 0 unspecified atom stereocenters. The number of carbonyl (C=O) groups is 5. The molecule has 274 valence electrons. The summed E-state index contributed by atoms with van der Waals surface area (Å²) in [6.45, 7) is 10.2. The van der Waals surface area contributed by atoms with E-state index < -0.39 is 53.5 Å². The van der Waals surface area contributed by atoms with Crippen molar-refractivity contribution in [3.05, 3.63) is 101 Å². The summed E-state index contributed by atoms with van der Waals surface area (Å²) in [5.41, 5.74) is 1.08. The van der Waals surface area contributed by atoms with Crippen LogP contribution >= 0.6 is 35.7 Å². The molecule has 0 bridgehead atoms. The summed E-state index contributed by atoms with van der Waals surface area (Å²) < 4.78 is 11.0. The highest BCUT2D eigenvalue weighted by molar-refractivity contribution is 14.0. The van der Waals surface area contributed by atoms with E-state index in [-0.39, 0.29) is 48.3 Å². The molecular weight excluding hydrogens is 783 g/mol. The first-order valence-corrected chi connectivity index (χ1v) is 17.4. The fourth-order valence-corrected chi connectivity index (χ4v) is 5.08. The van der Waals surface area contributed by atoms with Gasteiger partial charge >= 0.3 is 11.9 Å². The van der Waals surface area contributed by atoms with Gasteiger partial charge in [0.2, 0.25) is 11.8 Å². The molecule has 51 heavy (non-hydrogen) atoms. The Hall–Kier alpha value is -4.24. The minimum Gasteiger partial charge on any atom is -0.460 e. The number of rotatable bonds is 13. The van der Waals surface area contributed by atoms with E-state index in [1.54, 1.807) is 77.9 Å². The number of benzene rings is 3. The molecule has 3 rings (SSSR count). The zero-order chi connectivity index (χ0) is 37.1. The van der Waals surface area contributed by atoms with Crippen LogP contribution in [0.15, 0.2) is 78.9 Å². The smallest absolute Gasteiger partial charge is 0.329 e. The normalized spacial score (nSPS) is 12.3. The van der Waals surface area contributed by atoms with Crippen molar-refractivity contribution in [1.29, 1.82) is 5.41 Å². The monoisotopic (exact) mass is 830 g/mol. The number of esters is 2. The lowest BCUT2D eigenvalue weighted by Crippen LogP contribution is -2.54. The molecule has 0 aliphatic rings. The molecule has 3 aromatic rings. The predicted molar refractivity (Wildman–Crippen MR) is 211 cm³/mol. The fourth-order valence-electron chi connectivity index (χ4n) is 4.71. The highest BCUT2D eigenvalue weighted by atomic mass is 127. The number of hydrogen-bond donors (Lipinski definition) is 4. The summed E-state index contributed by atoms with van der Waals surface area (Å²) in [7, 11) is 0. The van der Waals surface area contributed by atoms with E-state index in [4.69, 9.17) is 14.9 Å². The number of halogens is 1. The second-order valence-corrected chi connectivity index (χ2v) is 14.5. The highest BCUT2D eigenvalue weighted by Crippen LogP contribution is 2.16. The van der Waals surface area contributed by atoms with Crippen LogP contribution in [-0.4, -0.2) is 64.2 Å². The summed E-state index contributed by atoms with van der Waals surface area (Å²) in [4.78, 5) is 66.1. The average Bonchev–Trinajstić information content (AvgIpc) is 3.03. The standard InChI is InChI=1S/C38H46N4O7S.HI/c1-37(2,3)48-32(44)23-29(35(46)42-30(36(47)49-38(4,5)6)20-24-12-9-8-10-13-24)41-34(45)27-14-11-15-28(22-27)40-31(43)21-25-16-18-26(19-17-25)33(39)50-7;/h8-19,22,29-30,39H,20-21,23H2,1-7H3,(H,40,43)(H,41,45)(H,42,46);1H/t29-,30-;/m0./s1. The van der Waals surface area contributed by atoms with Crippen LogP contribution in [0.2, 0.25) is 0 Å².